The van der Waals surface area contributed by atoms with Gasteiger partial charge in [-0.15, -0.1) is 0 Å². The van der Waals surface area contributed by atoms with Crippen LogP contribution < -0.4 is 11.3 Å². The van der Waals surface area contributed by atoms with E-state index >= 15 is 0 Å². The van der Waals surface area contributed by atoms with Gasteiger partial charge in [0.25, 0.3) is 0 Å². The summed E-state index contributed by atoms with van der Waals surface area (Å²) < 4.78 is 5.03. The molecule has 16 heavy (non-hydrogen) atoms. The Morgan fingerprint density at radius 2 is 2.19 bits per heavy atom. The van der Waals surface area contributed by atoms with Crippen LogP contribution in [0.1, 0.15) is 37.7 Å². The molecule has 0 bridgehead atoms. The number of hydrogen-bond acceptors (Lipinski definition) is 3. The van der Waals surface area contributed by atoms with Gasteiger partial charge in [0.1, 0.15) is 5.84 Å². The first-order valence-corrected chi connectivity index (χ1v) is 5.97. The SMILES string of the molecule is NNC(=NC1CCCCC1)c1ccoc1Cl. The summed E-state index contributed by atoms with van der Waals surface area (Å²) in [6, 6.07) is 2.12. The molecule has 1 aliphatic rings. The first-order valence-electron chi connectivity index (χ1n) is 5.59. The summed E-state index contributed by atoms with van der Waals surface area (Å²) in [6.45, 7) is 0. The third kappa shape index (κ3) is 2.57. The topological polar surface area (TPSA) is 63.5 Å². The van der Waals surface area contributed by atoms with Crippen molar-refractivity contribution in [3.05, 3.63) is 23.1 Å². The van der Waals surface area contributed by atoms with Crippen LogP contribution in [0.25, 0.3) is 0 Å². The molecule has 3 N–H and O–H groups in total. The lowest BCUT2D eigenvalue weighted by Crippen LogP contribution is -2.32. The van der Waals surface area contributed by atoms with Gasteiger partial charge in [0.15, 0.2) is 0 Å². The molecular formula is C11H16ClN3O. The molecular weight excluding hydrogens is 226 g/mol. The highest BCUT2D eigenvalue weighted by Gasteiger charge is 2.15. The van der Waals surface area contributed by atoms with Gasteiger partial charge in [0.2, 0.25) is 5.22 Å². The second-order valence-electron chi connectivity index (χ2n) is 4.02. The Hall–Kier alpha value is -1.00. The monoisotopic (exact) mass is 241 g/mol. The zero-order valence-corrected chi connectivity index (χ0v) is 9.83. The van der Waals surface area contributed by atoms with Crippen LogP contribution in [0, 0.1) is 0 Å². The maximum absolute atomic E-state index is 5.89. The van der Waals surface area contributed by atoms with Crippen molar-refractivity contribution >= 4 is 17.4 Å². The Kier molecular flexibility index (Phi) is 3.85. The highest BCUT2D eigenvalue weighted by atomic mass is 35.5. The predicted octanol–water partition coefficient (Wildman–Crippen LogP) is 2.48. The summed E-state index contributed by atoms with van der Waals surface area (Å²) in [5, 5.41) is 0.326. The lowest BCUT2D eigenvalue weighted by atomic mass is 9.96. The molecule has 5 heteroatoms. The maximum Gasteiger partial charge on any atom is 0.203 e. The normalized spacial score (nSPS) is 18.8. The molecule has 0 aliphatic heterocycles. The number of rotatable bonds is 2. The molecule has 0 atom stereocenters. The average Bonchev–Trinajstić information content (AvgIpc) is 2.74. The number of hydrogen-bond donors (Lipinski definition) is 2. The summed E-state index contributed by atoms with van der Waals surface area (Å²) in [5.74, 6) is 6.09. The molecule has 0 spiro atoms. The van der Waals surface area contributed by atoms with E-state index in [0.717, 1.165) is 18.4 Å². The van der Waals surface area contributed by atoms with Crippen molar-refractivity contribution in [3.8, 4) is 0 Å². The third-order valence-corrected chi connectivity index (χ3v) is 3.19. The van der Waals surface area contributed by atoms with Crippen molar-refractivity contribution < 1.29 is 4.42 Å². The minimum absolute atomic E-state index is 0.326. The number of amidine groups is 1. The van der Waals surface area contributed by atoms with Crippen molar-refractivity contribution in [2.75, 3.05) is 0 Å². The van der Waals surface area contributed by atoms with Crippen molar-refractivity contribution in [3.63, 3.8) is 0 Å². The highest BCUT2D eigenvalue weighted by molar-refractivity contribution is 6.32. The molecule has 0 saturated heterocycles. The second kappa shape index (κ2) is 5.37. The molecule has 2 rings (SSSR count). The van der Waals surface area contributed by atoms with Gasteiger partial charge in [0.05, 0.1) is 17.9 Å². The number of aliphatic imine (C=N–C) groups is 1. The van der Waals surface area contributed by atoms with E-state index in [0.29, 0.717) is 17.1 Å². The van der Waals surface area contributed by atoms with Crippen molar-refractivity contribution in [2.45, 2.75) is 38.1 Å². The molecule has 0 aromatic carbocycles. The van der Waals surface area contributed by atoms with Crippen LogP contribution in [0.2, 0.25) is 5.22 Å². The van der Waals surface area contributed by atoms with Crippen LogP contribution >= 0.6 is 11.6 Å². The van der Waals surface area contributed by atoms with Crippen molar-refractivity contribution in [1.82, 2.24) is 5.43 Å². The Labute approximate surface area is 99.8 Å². The van der Waals surface area contributed by atoms with Crippen molar-refractivity contribution in [1.29, 1.82) is 0 Å². The van der Waals surface area contributed by atoms with Crippen molar-refractivity contribution in [2.24, 2.45) is 10.8 Å². The quantitative estimate of drug-likeness (QED) is 0.362. The van der Waals surface area contributed by atoms with E-state index in [2.05, 4.69) is 10.4 Å². The minimum atomic E-state index is 0.326. The number of halogens is 1. The lowest BCUT2D eigenvalue weighted by Gasteiger charge is -2.18. The van der Waals surface area contributed by atoms with E-state index in [-0.39, 0.29) is 0 Å². The molecule has 0 radical (unpaired) electrons. The van der Waals surface area contributed by atoms with Gasteiger partial charge in [-0.05, 0) is 30.5 Å². The Bertz CT molecular complexity index is 369. The second-order valence-corrected chi connectivity index (χ2v) is 4.37. The Morgan fingerprint density at radius 3 is 2.75 bits per heavy atom. The van der Waals surface area contributed by atoms with Crippen LogP contribution in [0.3, 0.4) is 0 Å². The smallest absolute Gasteiger partial charge is 0.203 e. The van der Waals surface area contributed by atoms with E-state index in [1.54, 1.807) is 6.07 Å². The minimum Gasteiger partial charge on any atom is -0.452 e. The number of nitrogens with two attached hydrogens (primary N) is 1. The highest BCUT2D eigenvalue weighted by Crippen LogP contribution is 2.22. The van der Waals surface area contributed by atoms with Gasteiger partial charge >= 0.3 is 0 Å². The van der Waals surface area contributed by atoms with E-state index in [4.69, 9.17) is 21.9 Å². The molecule has 88 valence electrons. The largest absolute Gasteiger partial charge is 0.452 e. The molecule has 1 saturated carbocycles. The average molecular weight is 242 g/mol. The zero-order valence-electron chi connectivity index (χ0n) is 9.08. The summed E-state index contributed by atoms with van der Waals surface area (Å²) in [4.78, 5) is 4.59. The van der Waals surface area contributed by atoms with E-state index in [1.807, 2.05) is 0 Å². The van der Waals surface area contributed by atoms with Gasteiger partial charge in [-0.25, -0.2) is 5.84 Å². The molecule has 0 unspecified atom stereocenters. The zero-order chi connectivity index (χ0) is 11.4. The maximum atomic E-state index is 5.89. The first-order chi connectivity index (χ1) is 7.81. The van der Waals surface area contributed by atoms with Gasteiger partial charge in [-0.3, -0.25) is 4.99 Å². The summed E-state index contributed by atoms with van der Waals surface area (Å²) in [5.41, 5.74) is 3.33. The van der Waals surface area contributed by atoms with E-state index in [9.17, 15) is 0 Å². The van der Waals surface area contributed by atoms with Crippen LogP contribution in [0.15, 0.2) is 21.7 Å². The van der Waals surface area contributed by atoms with Crippen LogP contribution in [-0.2, 0) is 0 Å². The molecule has 1 aliphatic carbocycles. The van der Waals surface area contributed by atoms with Crippen LogP contribution in [0.4, 0.5) is 0 Å². The third-order valence-electron chi connectivity index (χ3n) is 2.90. The summed E-state index contributed by atoms with van der Waals surface area (Å²) >= 11 is 5.89. The first kappa shape index (κ1) is 11.5. The van der Waals surface area contributed by atoms with Crippen LogP contribution in [-0.4, -0.2) is 11.9 Å². The molecule has 0 amide bonds. The van der Waals surface area contributed by atoms with Gasteiger partial charge < -0.3 is 9.84 Å². The van der Waals surface area contributed by atoms with Gasteiger partial charge in [-0.1, -0.05) is 19.3 Å². The van der Waals surface area contributed by atoms with Crippen LogP contribution in [0.5, 0.6) is 0 Å². The number of nitrogens with one attached hydrogen (secondary N) is 1. The van der Waals surface area contributed by atoms with Gasteiger partial charge in [-0.2, -0.15) is 0 Å². The number of nitrogens with zero attached hydrogens (tertiary/aromatic N) is 1. The fourth-order valence-corrected chi connectivity index (χ4v) is 2.24. The molecule has 1 heterocycles. The summed E-state index contributed by atoms with van der Waals surface area (Å²) in [6.07, 6.45) is 7.58. The predicted molar refractivity (Wildman–Crippen MR) is 64.5 cm³/mol. The Morgan fingerprint density at radius 1 is 1.44 bits per heavy atom. The summed E-state index contributed by atoms with van der Waals surface area (Å²) in [7, 11) is 0. The molecule has 1 aromatic heterocycles. The van der Waals surface area contributed by atoms with E-state index < -0.39 is 0 Å². The lowest BCUT2D eigenvalue weighted by molar-refractivity contribution is 0.442. The number of furan rings is 1. The van der Waals surface area contributed by atoms with Gasteiger partial charge in [0, 0.05) is 0 Å². The Balaban J connectivity index is 2.15. The van der Waals surface area contributed by atoms with E-state index in [1.165, 1.54) is 25.5 Å². The fourth-order valence-electron chi connectivity index (χ4n) is 2.04. The molecule has 1 aromatic rings. The molecule has 1 fully saturated rings. The molecule has 4 nitrogen and oxygen atoms in total. The standard InChI is InChI=1S/C11H16ClN3O/c12-10-9(6-7-16-10)11(15-13)14-8-4-2-1-3-5-8/h6-8H,1-5,13H2,(H,14,15). The number of hydrazine groups is 1. The fraction of sp³-hybridized carbons (Fsp3) is 0.545.